The van der Waals surface area contributed by atoms with Crippen molar-refractivity contribution in [2.24, 2.45) is 0 Å². The summed E-state index contributed by atoms with van der Waals surface area (Å²) < 4.78 is 20.2. The van der Waals surface area contributed by atoms with Gasteiger partial charge in [-0.3, -0.25) is 9.59 Å². The monoisotopic (exact) mass is 812 g/mol. The van der Waals surface area contributed by atoms with Crippen LogP contribution in [0.4, 0.5) is 0 Å². The number of esters is 2. The second kappa shape index (κ2) is 17.4. The third-order valence-electron chi connectivity index (χ3n) is 10.9. The summed E-state index contributed by atoms with van der Waals surface area (Å²) >= 11 is 4.95. The zero-order valence-electron chi connectivity index (χ0n) is 33.2. The number of benzene rings is 5. The fourth-order valence-electron chi connectivity index (χ4n) is 8.32. The molecule has 0 N–H and O–H groups in total. The van der Waals surface area contributed by atoms with Gasteiger partial charge in [0.1, 0.15) is 11.0 Å². The van der Waals surface area contributed by atoms with Crippen molar-refractivity contribution < 1.29 is 19.1 Å². The standard InChI is InChI=1S/C48H48N2O4S3/c1-5-53-41(51)15-11-7-9-13-35-25-30(4)55-47(35)38-21-22-39(46-45(38)49-57-50-46)48-36(14-10-8-12-16-42(52)54-6-2)28-40(56-48)37-26-33-19-17-31-23-29(3)24-32-18-20-34(27-37)44(33)43(31)32/h17-28H,5-16H2,1-4H3. The van der Waals surface area contributed by atoms with Gasteiger partial charge in [0.05, 0.1) is 24.9 Å². The first kappa shape index (κ1) is 39.1. The molecule has 0 atom stereocenters. The lowest BCUT2D eigenvalue weighted by Gasteiger charge is -2.13. The van der Waals surface area contributed by atoms with E-state index in [1.165, 1.54) is 85.8 Å². The average Bonchev–Trinajstić information content (AvgIpc) is 3.95. The Morgan fingerprint density at radius 2 is 1.07 bits per heavy atom. The molecule has 292 valence electrons. The summed E-state index contributed by atoms with van der Waals surface area (Å²) in [5.41, 5.74) is 9.32. The van der Waals surface area contributed by atoms with E-state index in [0.29, 0.717) is 26.1 Å². The molecule has 9 heteroatoms. The third kappa shape index (κ3) is 8.34. The molecule has 0 aliphatic heterocycles. The molecule has 0 fully saturated rings. The lowest BCUT2D eigenvalue weighted by molar-refractivity contribution is -0.144. The molecular formula is C48H48N2O4S3. The van der Waals surface area contributed by atoms with Crippen LogP contribution >= 0.6 is 34.4 Å². The Bertz CT molecular complexity index is 2640. The van der Waals surface area contributed by atoms with E-state index >= 15 is 0 Å². The van der Waals surface area contributed by atoms with Crippen molar-refractivity contribution in [3.63, 3.8) is 0 Å². The normalized spacial score (nSPS) is 11.8. The number of thiophene rings is 2. The van der Waals surface area contributed by atoms with Crippen LogP contribution in [0.1, 0.15) is 86.8 Å². The fraction of sp³-hybridized carbons (Fsp3) is 0.333. The highest BCUT2D eigenvalue weighted by Crippen LogP contribution is 2.46. The molecule has 6 nitrogen and oxygen atoms in total. The topological polar surface area (TPSA) is 78.4 Å². The molecule has 8 rings (SSSR count). The Balaban J connectivity index is 1.13. The largest absolute Gasteiger partial charge is 0.466 e. The highest BCUT2D eigenvalue weighted by atomic mass is 32.1. The fourth-order valence-corrected chi connectivity index (χ4v) is 11.2. The maximum Gasteiger partial charge on any atom is 0.305 e. The van der Waals surface area contributed by atoms with Crippen molar-refractivity contribution in [2.75, 3.05) is 13.2 Å². The molecular weight excluding hydrogens is 765 g/mol. The summed E-state index contributed by atoms with van der Waals surface area (Å²) in [4.78, 5) is 28.9. The Labute approximate surface area is 346 Å². The molecule has 57 heavy (non-hydrogen) atoms. The van der Waals surface area contributed by atoms with Crippen molar-refractivity contribution in [1.29, 1.82) is 0 Å². The predicted octanol–water partition coefficient (Wildman–Crippen LogP) is 13.7. The Morgan fingerprint density at radius 3 is 1.60 bits per heavy atom. The van der Waals surface area contributed by atoms with Gasteiger partial charge in [0.15, 0.2) is 0 Å². The third-order valence-corrected chi connectivity index (χ3v) is 13.8. The molecule has 0 bridgehead atoms. The number of carbonyl (C=O) groups excluding carboxylic acids is 2. The van der Waals surface area contributed by atoms with Gasteiger partial charge in [0.2, 0.25) is 0 Å². The molecule has 0 unspecified atom stereocenters. The minimum atomic E-state index is -0.114. The number of hydrogen-bond donors (Lipinski definition) is 0. The summed E-state index contributed by atoms with van der Waals surface area (Å²) in [6.45, 7) is 8.91. The molecule has 3 aromatic heterocycles. The minimum Gasteiger partial charge on any atom is -0.466 e. The Kier molecular flexibility index (Phi) is 12.0. The first-order valence-corrected chi connectivity index (χ1v) is 22.7. The van der Waals surface area contributed by atoms with Crippen LogP contribution in [0.3, 0.4) is 0 Å². The van der Waals surface area contributed by atoms with Crippen LogP contribution in [0.5, 0.6) is 0 Å². The number of rotatable bonds is 17. The maximum absolute atomic E-state index is 12.0. The van der Waals surface area contributed by atoms with Crippen LogP contribution in [0, 0.1) is 13.8 Å². The molecule has 8 aromatic rings. The van der Waals surface area contributed by atoms with Gasteiger partial charge in [0.25, 0.3) is 0 Å². The van der Waals surface area contributed by atoms with E-state index in [2.05, 4.69) is 86.6 Å². The van der Waals surface area contributed by atoms with Crippen LogP contribution < -0.4 is 0 Å². The van der Waals surface area contributed by atoms with Gasteiger partial charge in [-0.25, -0.2) is 0 Å². The van der Waals surface area contributed by atoms with E-state index in [-0.39, 0.29) is 11.9 Å². The number of aryl methyl sites for hydroxylation is 4. The van der Waals surface area contributed by atoms with Gasteiger partial charge in [-0.2, -0.15) is 8.75 Å². The number of hydrogen-bond acceptors (Lipinski definition) is 9. The van der Waals surface area contributed by atoms with Crippen LogP contribution in [0.25, 0.3) is 74.7 Å². The summed E-state index contributed by atoms with van der Waals surface area (Å²) in [5, 5.41) is 7.78. The first-order valence-electron chi connectivity index (χ1n) is 20.3. The molecule has 0 saturated heterocycles. The van der Waals surface area contributed by atoms with Gasteiger partial charge in [-0.15, -0.1) is 22.7 Å². The molecule has 0 aliphatic rings. The van der Waals surface area contributed by atoms with E-state index in [1.54, 1.807) is 0 Å². The van der Waals surface area contributed by atoms with Gasteiger partial charge in [-0.05, 0) is 145 Å². The number of fused-ring (bicyclic) bond motifs is 1. The highest BCUT2D eigenvalue weighted by Gasteiger charge is 2.22. The van der Waals surface area contributed by atoms with E-state index < -0.39 is 0 Å². The van der Waals surface area contributed by atoms with Gasteiger partial charge in [0, 0.05) is 43.5 Å². The van der Waals surface area contributed by atoms with Gasteiger partial charge in [-0.1, -0.05) is 61.4 Å². The van der Waals surface area contributed by atoms with Crippen LogP contribution in [0.15, 0.2) is 72.8 Å². The number of unbranched alkanes of at least 4 members (excludes halogenated alkanes) is 4. The molecule has 5 aromatic carbocycles. The zero-order chi connectivity index (χ0) is 39.5. The van der Waals surface area contributed by atoms with E-state index in [1.807, 2.05) is 36.5 Å². The summed E-state index contributed by atoms with van der Waals surface area (Å²) in [7, 11) is 0. The zero-order valence-corrected chi connectivity index (χ0v) is 35.6. The lowest BCUT2D eigenvalue weighted by atomic mass is 9.91. The van der Waals surface area contributed by atoms with Gasteiger partial charge < -0.3 is 9.47 Å². The van der Waals surface area contributed by atoms with Crippen molar-refractivity contribution in [2.45, 2.75) is 91.9 Å². The number of nitrogens with zero attached hydrogens (tertiary/aromatic N) is 2. The van der Waals surface area contributed by atoms with E-state index in [9.17, 15) is 9.59 Å². The summed E-state index contributed by atoms with van der Waals surface area (Å²) in [6.07, 6.45) is 8.42. The predicted molar refractivity (Wildman–Crippen MR) is 240 cm³/mol. The summed E-state index contributed by atoms with van der Waals surface area (Å²) in [5.74, 6) is -0.221. The molecule has 0 aliphatic carbocycles. The Morgan fingerprint density at radius 1 is 0.579 bits per heavy atom. The first-order chi connectivity index (χ1) is 27.8. The summed E-state index contributed by atoms with van der Waals surface area (Å²) in [6, 6.07) is 27.6. The molecule has 0 saturated carbocycles. The average molecular weight is 813 g/mol. The van der Waals surface area contributed by atoms with Crippen molar-refractivity contribution in [3.8, 4) is 31.3 Å². The quantitative estimate of drug-likeness (QED) is 0.0518. The minimum absolute atomic E-state index is 0.107. The van der Waals surface area contributed by atoms with Crippen molar-refractivity contribution in [3.05, 3.63) is 94.4 Å². The van der Waals surface area contributed by atoms with Crippen LogP contribution in [-0.4, -0.2) is 33.9 Å². The number of ether oxygens (including phenoxy) is 2. The van der Waals surface area contributed by atoms with Crippen LogP contribution in [-0.2, 0) is 31.9 Å². The Hall–Kier alpha value is -4.70. The van der Waals surface area contributed by atoms with Gasteiger partial charge >= 0.3 is 11.9 Å². The molecule has 0 radical (unpaired) electrons. The lowest BCUT2D eigenvalue weighted by Crippen LogP contribution is -2.03. The molecule has 0 spiro atoms. The number of aromatic nitrogens is 2. The smallest absolute Gasteiger partial charge is 0.305 e. The van der Waals surface area contributed by atoms with Crippen LogP contribution in [0.2, 0.25) is 0 Å². The SMILES string of the molecule is CCOC(=O)CCCCCc1cc(C)sc1-c1ccc(-c2sc(-c3cc4ccc5cc(C)cc6ccc(c3)c4c56)cc2CCCCCC(=O)OCC)c2nsnc12. The second-order valence-electron chi connectivity index (χ2n) is 15.0. The molecule has 3 heterocycles. The maximum atomic E-state index is 12.0. The molecule has 0 amide bonds. The second-order valence-corrected chi connectivity index (χ2v) is 17.9. The highest BCUT2D eigenvalue weighted by molar-refractivity contribution is 7.19. The number of carbonyl (C=O) groups is 2. The van der Waals surface area contributed by atoms with E-state index in [0.717, 1.165) is 73.5 Å². The van der Waals surface area contributed by atoms with Crippen molar-refractivity contribution in [1.82, 2.24) is 8.75 Å². The van der Waals surface area contributed by atoms with Crippen molar-refractivity contribution >= 4 is 89.7 Å². The van der Waals surface area contributed by atoms with E-state index in [4.69, 9.17) is 18.2 Å².